The van der Waals surface area contributed by atoms with Gasteiger partial charge in [-0.2, -0.15) is 0 Å². The molecular formula is C24H33N5O. The summed E-state index contributed by atoms with van der Waals surface area (Å²) in [5.41, 5.74) is 8.93. The molecule has 6 heteroatoms. The number of fused-ring (bicyclic) bond motifs is 1. The second-order valence-corrected chi connectivity index (χ2v) is 10.8. The summed E-state index contributed by atoms with van der Waals surface area (Å²) in [6, 6.07) is 6.11. The van der Waals surface area contributed by atoms with Crippen molar-refractivity contribution in [3.8, 4) is 0 Å². The number of nitrogens with one attached hydrogen (secondary N) is 1. The number of aromatic nitrogens is 2. The van der Waals surface area contributed by atoms with Crippen LogP contribution in [0.25, 0.3) is 5.65 Å². The van der Waals surface area contributed by atoms with E-state index in [1.165, 1.54) is 38.5 Å². The maximum absolute atomic E-state index is 13.2. The highest BCUT2D eigenvalue weighted by Gasteiger charge is 2.50. The van der Waals surface area contributed by atoms with Crippen molar-refractivity contribution in [1.29, 1.82) is 0 Å². The first kappa shape index (κ1) is 18.8. The summed E-state index contributed by atoms with van der Waals surface area (Å²) in [5.74, 6) is 2.76. The maximum atomic E-state index is 13.2. The van der Waals surface area contributed by atoms with E-state index in [1.807, 2.05) is 28.8 Å². The molecule has 0 unspecified atom stereocenters. The number of carbonyl (C=O) groups excluding carboxylic acids is 1. The smallest absolute Gasteiger partial charge is 0.268 e. The van der Waals surface area contributed by atoms with Gasteiger partial charge in [-0.3, -0.25) is 14.1 Å². The van der Waals surface area contributed by atoms with Gasteiger partial charge in [0.25, 0.3) is 5.91 Å². The third kappa shape index (κ3) is 3.34. The zero-order valence-electron chi connectivity index (χ0n) is 17.7. The van der Waals surface area contributed by atoms with Crippen LogP contribution in [0.5, 0.6) is 0 Å². The molecule has 3 N–H and O–H groups in total. The van der Waals surface area contributed by atoms with E-state index in [1.54, 1.807) is 0 Å². The molecule has 3 heterocycles. The summed E-state index contributed by atoms with van der Waals surface area (Å²) in [5, 5.41) is 3.32. The lowest BCUT2D eigenvalue weighted by atomic mass is 9.49. The number of carbonyl (C=O) groups is 1. The standard InChI is InChI=1S/C24H33N5O/c25-19-4-5-28(12-19)13-20-14-29-21(2-1-3-22(29)27-20)23(30)26-15-24-9-16-6-17(10-24)8-18(7-16)11-24/h1-3,14,16-19H,4-13,15,25H2,(H,26,30)/t16?,17?,18?,19-,24?/m0/s1. The Morgan fingerprint density at radius 3 is 2.57 bits per heavy atom. The van der Waals surface area contributed by atoms with Crippen LogP contribution in [0, 0.1) is 23.2 Å². The lowest BCUT2D eigenvalue weighted by Gasteiger charge is -2.56. The fraction of sp³-hybridized carbons (Fsp3) is 0.667. The van der Waals surface area contributed by atoms with Crippen LogP contribution < -0.4 is 11.1 Å². The molecule has 7 rings (SSSR count). The van der Waals surface area contributed by atoms with E-state index < -0.39 is 0 Å². The molecule has 1 aliphatic heterocycles. The molecule has 2 aromatic heterocycles. The van der Waals surface area contributed by atoms with Crippen LogP contribution in [-0.2, 0) is 6.54 Å². The van der Waals surface area contributed by atoms with Crippen molar-refractivity contribution < 1.29 is 4.79 Å². The van der Waals surface area contributed by atoms with Crippen LogP contribution in [0.1, 0.15) is 61.1 Å². The fourth-order valence-electron chi connectivity index (χ4n) is 7.42. The molecule has 4 aliphatic carbocycles. The second kappa shape index (κ2) is 7.06. The van der Waals surface area contributed by atoms with E-state index >= 15 is 0 Å². The fourth-order valence-corrected chi connectivity index (χ4v) is 7.42. The summed E-state index contributed by atoms with van der Waals surface area (Å²) in [6.07, 6.45) is 11.3. The van der Waals surface area contributed by atoms with Gasteiger partial charge in [0.05, 0.1) is 5.69 Å². The van der Waals surface area contributed by atoms with Gasteiger partial charge in [0.15, 0.2) is 0 Å². The number of pyridine rings is 1. The average molecular weight is 408 g/mol. The van der Waals surface area contributed by atoms with E-state index in [4.69, 9.17) is 10.7 Å². The zero-order valence-corrected chi connectivity index (χ0v) is 17.7. The summed E-state index contributed by atoms with van der Waals surface area (Å²) < 4.78 is 1.96. The highest BCUT2D eigenvalue weighted by Crippen LogP contribution is 2.59. The number of nitrogens with two attached hydrogens (primary N) is 1. The van der Waals surface area contributed by atoms with E-state index in [0.717, 1.165) is 61.7 Å². The molecule has 4 saturated carbocycles. The van der Waals surface area contributed by atoms with Gasteiger partial charge in [0, 0.05) is 38.4 Å². The lowest BCUT2D eigenvalue weighted by molar-refractivity contribution is -0.0503. The van der Waals surface area contributed by atoms with Crippen molar-refractivity contribution in [2.24, 2.45) is 28.9 Å². The van der Waals surface area contributed by atoms with Crippen LogP contribution in [0.3, 0.4) is 0 Å². The summed E-state index contributed by atoms with van der Waals surface area (Å²) in [7, 11) is 0. The minimum atomic E-state index is 0.0310. The number of rotatable bonds is 5. The minimum Gasteiger partial charge on any atom is -0.350 e. The zero-order chi connectivity index (χ0) is 20.3. The Balaban J connectivity index is 1.17. The number of imidazole rings is 1. The number of hydrogen-bond donors (Lipinski definition) is 2. The largest absolute Gasteiger partial charge is 0.350 e. The van der Waals surface area contributed by atoms with Crippen molar-refractivity contribution in [3.05, 3.63) is 35.8 Å². The van der Waals surface area contributed by atoms with Crippen molar-refractivity contribution in [3.63, 3.8) is 0 Å². The quantitative estimate of drug-likeness (QED) is 0.799. The molecule has 5 fully saturated rings. The average Bonchev–Trinajstić information content (AvgIpc) is 3.30. The van der Waals surface area contributed by atoms with Crippen LogP contribution in [0.4, 0.5) is 0 Å². The maximum Gasteiger partial charge on any atom is 0.268 e. The van der Waals surface area contributed by atoms with Crippen LogP contribution >= 0.6 is 0 Å². The van der Waals surface area contributed by atoms with Crippen molar-refractivity contribution in [2.75, 3.05) is 19.6 Å². The Kier molecular flexibility index (Phi) is 4.43. The van der Waals surface area contributed by atoms with Crippen LogP contribution in [-0.4, -0.2) is 45.9 Å². The molecule has 0 aromatic carbocycles. The Morgan fingerprint density at radius 1 is 1.17 bits per heavy atom. The van der Waals surface area contributed by atoms with Crippen molar-refractivity contribution in [1.82, 2.24) is 19.6 Å². The highest BCUT2D eigenvalue weighted by molar-refractivity contribution is 5.93. The van der Waals surface area contributed by atoms with Gasteiger partial charge in [-0.15, -0.1) is 0 Å². The van der Waals surface area contributed by atoms with Gasteiger partial charge < -0.3 is 11.1 Å². The Morgan fingerprint density at radius 2 is 1.90 bits per heavy atom. The molecule has 0 radical (unpaired) electrons. The van der Waals surface area contributed by atoms with Gasteiger partial charge in [-0.1, -0.05) is 6.07 Å². The van der Waals surface area contributed by atoms with Gasteiger partial charge in [0.1, 0.15) is 11.3 Å². The normalized spacial score (nSPS) is 35.4. The molecule has 30 heavy (non-hydrogen) atoms. The van der Waals surface area contributed by atoms with E-state index in [2.05, 4.69) is 10.2 Å². The molecule has 6 nitrogen and oxygen atoms in total. The molecule has 2 aromatic rings. The molecule has 5 aliphatic rings. The number of nitrogens with zero attached hydrogens (tertiary/aromatic N) is 3. The Bertz CT molecular complexity index is 930. The first-order valence-electron chi connectivity index (χ1n) is 11.8. The second-order valence-electron chi connectivity index (χ2n) is 10.8. The van der Waals surface area contributed by atoms with E-state index in [9.17, 15) is 4.79 Å². The first-order chi connectivity index (χ1) is 14.6. The molecular weight excluding hydrogens is 374 g/mol. The minimum absolute atomic E-state index is 0.0310. The molecule has 160 valence electrons. The molecule has 1 amide bonds. The van der Waals surface area contributed by atoms with Gasteiger partial charge in [-0.05, 0) is 80.2 Å². The summed E-state index contributed by atoms with van der Waals surface area (Å²) in [6.45, 7) is 3.57. The lowest BCUT2D eigenvalue weighted by Crippen LogP contribution is -2.51. The highest BCUT2D eigenvalue weighted by atomic mass is 16.1. The summed E-state index contributed by atoms with van der Waals surface area (Å²) >= 11 is 0. The summed E-state index contributed by atoms with van der Waals surface area (Å²) in [4.78, 5) is 20.3. The third-order valence-electron chi connectivity index (χ3n) is 8.26. The Hall–Kier alpha value is -1.92. The SMILES string of the molecule is N[C@H]1CCN(Cc2cn3c(C(=O)NCC45CC6CC(CC(C6)C4)C5)cccc3n2)C1. The monoisotopic (exact) mass is 407 g/mol. The van der Waals surface area contributed by atoms with Crippen LogP contribution in [0.2, 0.25) is 0 Å². The van der Waals surface area contributed by atoms with E-state index in [-0.39, 0.29) is 11.9 Å². The van der Waals surface area contributed by atoms with E-state index in [0.29, 0.717) is 11.1 Å². The topological polar surface area (TPSA) is 75.7 Å². The molecule has 0 spiro atoms. The Labute approximate surface area is 178 Å². The van der Waals surface area contributed by atoms with Gasteiger partial charge in [0.2, 0.25) is 0 Å². The van der Waals surface area contributed by atoms with Crippen LogP contribution in [0.15, 0.2) is 24.4 Å². The molecule has 4 bridgehead atoms. The predicted molar refractivity (Wildman–Crippen MR) is 116 cm³/mol. The number of amides is 1. The molecule has 1 atom stereocenters. The number of likely N-dealkylation sites (tertiary alicyclic amines) is 1. The molecule has 1 saturated heterocycles. The van der Waals surface area contributed by atoms with Crippen molar-refractivity contribution in [2.45, 2.75) is 57.5 Å². The van der Waals surface area contributed by atoms with Gasteiger partial charge in [-0.25, -0.2) is 4.98 Å². The van der Waals surface area contributed by atoms with Gasteiger partial charge >= 0.3 is 0 Å². The third-order valence-corrected chi connectivity index (χ3v) is 8.26. The first-order valence-corrected chi connectivity index (χ1v) is 11.8. The van der Waals surface area contributed by atoms with Crippen molar-refractivity contribution >= 4 is 11.6 Å². The number of hydrogen-bond acceptors (Lipinski definition) is 4. The predicted octanol–water partition coefficient (Wildman–Crippen LogP) is 2.81.